The third-order valence-corrected chi connectivity index (χ3v) is 1.85. The Morgan fingerprint density at radius 3 is 2.81 bits per heavy atom. The summed E-state index contributed by atoms with van der Waals surface area (Å²) >= 11 is 5.64. The molecule has 0 aliphatic rings. The first-order valence-electron chi connectivity index (χ1n) is 4.31. The van der Waals surface area contributed by atoms with E-state index in [9.17, 15) is 4.79 Å². The van der Waals surface area contributed by atoms with Crippen molar-refractivity contribution in [2.45, 2.75) is 0 Å². The van der Waals surface area contributed by atoms with Crippen LogP contribution in [0.5, 0.6) is 0 Å². The molecule has 2 aromatic rings. The molecule has 0 atom stereocenters. The van der Waals surface area contributed by atoms with Gasteiger partial charge in [0.2, 0.25) is 5.95 Å². The number of nitrogens with zero attached hydrogens (tertiary/aromatic N) is 4. The van der Waals surface area contributed by atoms with Crippen LogP contribution >= 0.6 is 11.6 Å². The van der Waals surface area contributed by atoms with Gasteiger partial charge >= 0.3 is 0 Å². The number of anilines is 1. The molecule has 0 aliphatic heterocycles. The van der Waals surface area contributed by atoms with E-state index in [0.29, 0.717) is 0 Å². The lowest BCUT2D eigenvalue weighted by Gasteiger charge is -2.01. The molecule has 1 amide bonds. The van der Waals surface area contributed by atoms with E-state index in [2.05, 4.69) is 25.3 Å². The minimum absolute atomic E-state index is 0.128. The summed E-state index contributed by atoms with van der Waals surface area (Å²) in [5.74, 6) is -0.307. The van der Waals surface area contributed by atoms with E-state index < -0.39 is 5.91 Å². The first-order chi connectivity index (χ1) is 7.75. The predicted octanol–water partition coefficient (Wildman–Crippen LogP) is 1.17. The summed E-state index contributed by atoms with van der Waals surface area (Å²) in [5.41, 5.74) is 0.186. The Labute approximate surface area is 95.7 Å². The second-order valence-electron chi connectivity index (χ2n) is 2.75. The van der Waals surface area contributed by atoms with Crippen LogP contribution in [0.25, 0.3) is 0 Å². The third kappa shape index (κ3) is 2.48. The summed E-state index contributed by atoms with van der Waals surface area (Å²) in [7, 11) is 0. The fourth-order valence-electron chi connectivity index (χ4n) is 0.979. The average molecular weight is 236 g/mol. The molecule has 0 bridgehead atoms. The molecule has 0 aliphatic carbocycles. The second kappa shape index (κ2) is 4.63. The van der Waals surface area contributed by atoms with E-state index in [1.54, 1.807) is 0 Å². The highest BCUT2D eigenvalue weighted by Gasteiger charge is 2.08. The van der Waals surface area contributed by atoms with Crippen LogP contribution in [0.1, 0.15) is 10.5 Å². The molecular formula is C9H6ClN5O. The van der Waals surface area contributed by atoms with E-state index in [0.717, 1.165) is 0 Å². The van der Waals surface area contributed by atoms with Crippen LogP contribution in [0.2, 0.25) is 5.15 Å². The first kappa shape index (κ1) is 10.4. The molecule has 0 unspecified atom stereocenters. The zero-order chi connectivity index (χ0) is 11.4. The number of carbonyl (C=O) groups is 1. The van der Waals surface area contributed by atoms with Crippen LogP contribution in [0, 0.1) is 0 Å². The molecule has 2 rings (SSSR count). The molecule has 0 aromatic carbocycles. The zero-order valence-corrected chi connectivity index (χ0v) is 8.72. The van der Waals surface area contributed by atoms with Crippen molar-refractivity contribution in [3.8, 4) is 0 Å². The van der Waals surface area contributed by atoms with Crippen molar-refractivity contribution in [3.05, 3.63) is 41.7 Å². The Hall–Kier alpha value is -2.08. The van der Waals surface area contributed by atoms with Gasteiger partial charge in [-0.3, -0.25) is 15.1 Å². The second-order valence-corrected chi connectivity index (χ2v) is 3.13. The van der Waals surface area contributed by atoms with Crippen molar-refractivity contribution in [3.63, 3.8) is 0 Å². The maximum absolute atomic E-state index is 11.6. The van der Waals surface area contributed by atoms with Gasteiger partial charge < -0.3 is 0 Å². The number of hydrogen-bond donors (Lipinski definition) is 1. The molecule has 0 saturated heterocycles. The van der Waals surface area contributed by atoms with Gasteiger partial charge in [0.1, 0.15) is 10.8 Å². The van der Waals surface area contributed by atoms with E-state index >= 15 is 0 Å². The minimum atomic E-state index is -0.435. The lowest BCUT2D eigenvalue weighted by atomic mass is 10.4. The van der Waals surface area contributed by atoms with Crippen LogP contribution in [-0.2, 0) is 0 Å². The lowest BCUT2D eigenvalue weighted by molar-refractivity contribution is 0.102. The van der Waals surface area contributed by atoms with E-state index in [-0.39, 0.29) is 16.8 Å². The highest BCUT2D eigenvalue weighted by Crippen LogP contribution is 2.06. The van der Waals surface area contributed by atoms with Crippen LogP contribution in [0.15, 0.2) is 30.9 Å². The van der Waals surface area contributed by atoms with E-state index in [1.807, 2.05) is 0 Å². The highest BCUT2D eigenvalue weighted by molar-refractivity contribution is 6.29. The van der Waals surface area contributed by atoms with Gasteiger partial charge in [0.25, 0.3) is 5.91 Å². The first-order valence-corrected chi connectivity index (χ1v) is 4.69. The molecule has 0 saturated carbocycles. The van der Waals surface area contributed by atoms with E-state index in [1.165, 1.54) is 30.9 Å². The summed E-state index contributed by atoms with van der Waals surface area (Å²) < 4.78 is 0. The summed E-state index contributed by atoms with van der Waals surface area (Å²) in [6.07, 6.45) is 5.70. The summed E-state index contributed by atoms with van der Waals surface area (Å²) in [4.78, 5) is 26.8. The Balaban J connectivity index is 2.14. The molecule has 6 nitrogen and oxygen atoms in total. The molecule has 0 spiro atoms. The minimum Gasteiger partial charge on any atom is -0.289 e. The molecule has 7 heteroatoms. The fraction of sp³-hybridized carbons (Fsp3) is 0. The number of amides is 1. The lowest BCUT2D eigenvalue weighted by Crippen LogP contribution is -2.15. The van der Waals surface area contributed by atoms with Gasteiger partial charge in [0.15, 0.2) is 0 Å². The topological polar surface area (TPSA) is 80.7 Å². The van der Waals surface area contributed by atoms with Crippen LogP contribution in [0.4, 0.5) is 5.95 Å². The number of aromatic nitrogens is 4. The van der Waals surface area contributed by atoms with Gasteiger partial charge in [-0.2, -0.15) is 0 Å². The predicted molar refractivity (Wildman–Crippen MR) is 57.0 cm³/mol. The molecule has 0 radical (unpaired) electrons. The number of carbonyl (C=O) groups excluding carboxylic acids is 1. The molecule has 2 heterocycles. The van der Waals surface area contributed by atoms with Gasteiger partial charge in [-0.25, -0.2) is 15.0 Å². The Bertz CT molecular complexity index is 504. The largest absolute Gasteiger partial charge is 0.289 e. The molecule has 16 heavy (non-hydrogen) atoms. The number of halogens is 1. The van der Waals surface area contributed by atoms with Crippen molar-refractivity contribution in [1.29, 1.82) is 0 Å². The van der Waals surface area contributed by atoms with Crippen molar-refractivity contribution >= 4 is 23.5 Å². The number of hydrogen-bond acceptors (Lipinski definition) is 5. The quantitative estimate of drug-likeness (QED) is 0.791. The van der Waals surface area contributed by atoms with Crippen molar-refractivity contribution < 1.29 is 4.79 Å². The molecular weight excluding hydrogens is 230 g/mol. The van der Waals surface area contributed by atoms with Gasteiger partial charge in [0, 0.05) is 18.6 Å². The van der Waals surface area contributed by atoms with Crippen molar-refractivity contribution in [1.82, 2.24) is 19.9 Å². The monoisotopic (exact) mass is 235 g/mol. The normalized spacial score (nSPS) is 9.81. The standard InChI is InChI=1S/C9H6ClN5O/c10-7-1-2-13-9(14-7)15-8(16)6-5-11-3-4-12-6/h1-5H,(H,13,14,15,16). The van der Waals surface area contributed by atoms with E-state index in [4.69, 9.17) is 11.6 Å². The Morgan fingerprint density at radius 2 is 2.12 bits per heavy atom. The Morgan fingerprint density at radius 1 is 1.25 bits per heavy atom. The SMILES string of the molecule is O=C(Nc1nccc(Cl)n1)c1cnccn1. The average Bonchev–Trinajstić information content (AvgIpc) is 2.30. The van der Waals surface area contributed by atoms with Gasteiger partial charge in [-0.15, -0.1) is 0 Å². The van der Waals surface area contributed by atoms with Crippen LogP contribution in [0.3, 0.4) is 0 Å². The summed E-state index contributed by atoms with van der Waals surface area (Å²) in [6.45, 7) is 0. The van der Waals surface area contributed by atoms with Gasteiger partial charge in [-0.1, -0.05) is 11.6 Å². The third-order valence-electron chi connectivity index (χ3n) is 1.64. The maximum Gasteiger partial charge on any atom is 0.278 e. The van der Waals surface area contributed by atoms with Crippen LogP contribution in [-0.4, -0.2) is 25.8 Å². The smallest absolute Gasteiger partial charge is 0.278 e. The van der Waals surface area contributed by atoms with Gasteiger partial charge in [0.05, 0.1) is 6.20 Å². The zero-order valence-electron chi connectivity index (χ0n) is 7.96. The molecule has 1 N–H and O–H groups in total. The van der Waals surface area contributed by atoms with Gasteiger partial charge in [-0.05, 0) is 6.07 Å². The summed E-state index contributed by atoms with van der Waals surface area (Å²) in [5, 5.41) is 2.71. The van der Waals surface area contributed by atoms with Crippen LogP contribution < -0.4 is 5.32 Å². The summed E-state index contributed by atoms with van der Waals surface area (Å²) in [6, 6.07) is 1.51. The van der Waals surface area contributed by atoms with Crippen molar-refractivity contribution in [2.75, 3.05) is 5.32 Å². The molecule has 80 valence electrons. The maximum atomic E-state index is 11.6. The van der Waals surface area contributed by atoms with Crippen molar-refractivity contribution in [2.24, 2.45) is 0 Å². The number of nitrogens with one attached hydrogen (secondary N) is 1. The Kier molecular flexibility index (Phi) is 3.02. The molecule has 2 aromatic heterocycles. The highest BCUT2D eigenvalue weighted by atomic mass is 35.5. The number of rotatable bonds is 2. The molecule has 0 fully saturated rings. The fourth-order valence-corrected chi connectivity index (χ4v) is 1.12.